The minimum Gasteiger partial charge on any atom is -0.357 e. The van der Waals surface area contributed by atoms with E-state index in [0.717, 1.165) is 45.1 Å². The molecule has 0 saturated carbocycles. The molecule has 1 aromatic rings. The lowest BCUT2D eigenvalue weighted by Gasteiger charge is -2.22. The van der Waals surface area contributed by atoms with Crippen LogP contribution in [0.25, 0.3) is 0 Å². The molecular weight excluding hydrogens is 268 g/mol. The molecule has 1 heterocycles. The van der Waals surface area contributed by atoms with Crippen LogP contribution in [0.15, 0.2) is 22.5 Å². The van der Waals surface area contributed by atoms with Crippen LogP contribution in [0, 0.1) is 0 Å². The summed E-state index contributed by atoms with van der Waals surface area (Å²) in [5, 5.41) is 5.50. The maximum absolute atomic E-state index is 4.69. The lowest BCUT2D eigenvalue weighted by molar-refractivity contribution is 0.362. The first kappa shape index (κ1) is 17.0. The largest absolute Gasteiger partial charge is 0.357 e. The van der Waals surface area contributed by atoms with Gasteiger partial charge in [-0.1, -0.05) is 13.0 Å². The van der Waals surface area contributed by atoms with E-state index in [-0.39, 0.29) is 0 Å². The summed E-state index contributed by atoms with van der Waals surface area (Å²) in [4.78, 5) is 10.6. The van der Waals surface area contributed by atoms with Crippen LogP contribution in [0.3, 0.4) is 0 Å². The Morgan fingerprint density at radius 1 is 1.30 bits per heavy atom. The van der Waals surface area contributed by atoms with Gasteiger partial charge in [-0.05, 0) is 38.4 Å². The molecule has 0 saturated heterocycles. The van der Waals surface area contributed by atoms with Crippen molar-refractivity contribution in [1.82, 2.24) is 15.1 Å². The maximum Gasteiger partial charge on any atom is 0.193 e. The highest BCUT2D eigenvalue weighted by atomic mass is 32.1. The molecule has 1 aromatic heterocycles. The summed E-state index contributed by atoms with van der Waals surface area (Å²) in [6.07, 6.45) is 1.08. The van der Waals surface area contributed by atoms with Crippen molar-refractivity contribution in [3.63, 3.8) is 0 Å². The van der Waals surface area contributed by atoms with E-state index in [4.69, 9.17) is 4.99 Å². The summed E-state index contributed by atoms with van der Waals surface area (Å²) in [7, 11) is 4.24. The minimum atomic E-state index is 0.843. The zero-order valence-corrected chi connectivity index (χ0v) is 14.0. The minimum absolute atomic E-state index is 0.843. The Kier molecular flexibility index (Phi) is 8.30. The van der Waals surface area contributed by atoms with Crippen LogP contribution in [0.1, 0.15) is 18.7 Å². The molecule has 0 fully saturated rings. The Morgan fingerprint density at radius 3 is 2.70 bits per heavy atom. The van der Waals surface area contributed by atoms with E-state index >= 15 is 0 Å². The van der Waals surface area contributed by atoms with Gasteiger partial charge < -0.3 is 15.1 Å². The van der Waals surface area contributed by atoms with Crippen molar-refractivity contribution in [2.45, 2.75) is 20.3 Å². The number of hydrogen-bond acceptors (Lipinski definition) is 3. The highest BCUT2D eigenvalue weighted by molar-refractivity contribution is 7.09. The Hall–Kier alpha value is -1.07. The Bertz CT molecular complexity index is 375. The molecule has 0 bridgehead atoms. The topological polar surface area (TPSA) is 30.9 Å². The lowest BCUT2D eigenvalue weighted by Crippen LogP contribution is -2.40. The molecule has 0 aliphatic rings. The summed E-state index contributed by atoms with van der Waals surface area (Å²) in [5.41, 5.74) is 0. The van der Waals surface area contributed by atoms with Crippen molar-refractivity contribution >= 4 is 17.3 Å². The van der Waals surface area contributed by atoms with Gasteiger partial charge in [0.2, 0.25) is 0 Å². The molecule has 114 valence electrons. The van der Waals surface area contributed by atoms with E-state index in [9.17, 15) is 0 Å². The number of likely N-dealkylation sites (N-methyl/N-ethyl adjacent to an activating group) is 2. The fourth-order valence-corrected chi connectivity index (χ4v) is 2.49. The third-order valence-corrected chi connectivity index (χ3v) is 4.19. The quantitative estimate of drug-likeness (QED) is 0.589. The molecule has 0 aromatic carbocycles. The van der Waals surface area contributed by atoms with Gasteiger partial charge in [-0.15, -0.1) is 11.3 Å². The van der Waals surface area contributed by atoms with Gasteiger partial charge in [-0.3, -0.25) is 4.99 Å². The molecule has 20 heavy (non-hydrogen) atoms. The maximum atomic E-state index is 4.69. The normalized spacial score (nSPS) is 11.9. The van der Waals surface area contributed by atoms with Crippen molar-refractivity contribution in [3.8, 4) is 0 Å². The number of rotatable bonds is 8. The van der Waals surface area contributed by atoms with E-state index in [2.05, 4.69) is 60.6 Å². The number of nitrogens with one attached hydrogen (secondary N) is 1. The number of hydrogen-bond donors (Lipinski definition) is 1. The van der Waals surface area contributed by atoms with E-state index < -0.39 is 0 Å². The van der Waals surface area contributed by atoms with Crippen molar-refractivity contribution in [3.05, 3.63) is 22.4 Å². The van der Waals surface area contributed by atoms with Crippen LogP contribution in [0.4, 0.5) is 0 Å². The van der Waals surface area contributed by atoms with Crippen LogP contribution in [-0.4, -0.2) is 62.6 Å². The van der Waals surface area contributed by atoms with Crippen LogP contribution in [-0.2, 0) is 6.42 Å². The molecule has 0 aliphatic carbocycles. The second-order valence-corrected chi connectivity index (χ2v) is 5.91. The SMILES string of the molecule is CCNC(=NCCN(C)CC)N(C)CCc1cccs1. The fourth-order valence-electron chi connectivity index (χ4n) is 1.79. The first-order chi connectivity index (χ1) is 9.67. The number of aliphatic imine (C=N–C) groups is 1. The monoisotopic (exact) mass is 296 g/mol. The first-order valence-electron chi connectivity index (χ1n) is 7.37. The van der Waals surface area contributed by atoms with E-state index in [1.807, 2.05) is 11.3 Å². The molecule has 0 amide bonds. The second kappa shape index (κ2) is 9.77. The van der Waals surface area contributed by atoms with Gasteiger partial charge in [0.15, 0.2) is 5.96 Å². The third-order valence-electron chi connectivity index (χ3n) is 3.25. The van der Waals surface area contributed by atoms with E-state index in [1.54, 1.807) is 0 Å². The van der Waals surface area contributed by atoms with Gasteiger partial charge >= 0.3 is 0 Å². The number of guanidine groups is 1. The zero-order valence-electron chi connectivity index (χ0n) is 13.2. The molecular formula is C15H28N4S. The van der Waals surface area contributed by atoms with E-state index in [0.29, 0.717) is 0 Å². The lowest BCUT2D eigenvalue weighted by atomic mass is 10.3. The molecule has 0 radical (unpaired) electrons. The fraction of sp³-hybridized carbons (Fsp3) is 0.667. The summed E-state index contributed by atoms with van der Waals surface area (Å²) in [6.45, 7) is 9.10. The van der Waals surface area contributed by atoms with Gasteiger partial charge in [0.1, 0.15) is 0 Å². The van der Waals surface area contributed by atoms with Crippen molar-refractivity contribution < 1.29 is 0 Å². The molecule has 5 heteroatoms. The van der Waals surface area contributed by atoms with Crippen LogP contribution < -0.4 is 5.32 Å². The van der Waals surface area contributed by atoms with Crippen molar-refractivity contribution in [1.29, 1.82) is 0 Å². The predicted octanol–water partition coefficient (Wildman–Crippen LogP) is 2.14. The summed E-state index contributed by atoms with van der Waals surface area (Å²) in [6, 6.07) is 4.30. The Morgan fingerprint density at radius 2 is 2.10 bits per heavy atom. The third kappa shape index (κ3) is 6.39. The summed E-state index contributed by atoms with van der Waals surface area (Å²) >= 11 is 1.82. The highest BCUT2D eigenvalue weighted by Gasteiger charge is 2.06. The summed E-state index contributed by atoms with van der Waals surface area (Å²) < 4.78 is 0. The van der Waals surface area contributed by atoms with Gasteiger partial charge in [0, 0.05) is 31.6 Å². The predicted molar refractivity (Wildman–Crippen MR) is 89.8 cm³/mol. The van der Waals surface area contributed by atoms with Gasteiger partial charge in [0.25, 0.3) is 0 Å². The first-order valence-corrected chi connectivity index (χ1v) is 8.25. The molecule has 0 aliphatic heterocycles. The second-order valence-electron chi connectivity index (χ2n) is 4.88. The molecule has 1 rings (SSSR count). The zero-order chi connectivity index (χ0) is 14.8. The molecule has 0 unspecified atom stereocenters. The number of nitrogens with zero attached hydrogens (tertiary/aromatic N) is 3. The van der Waals surface area contributed by atoms with Crippen molar-refractivity contribution in [2.24, 2.45) is 4.99 Å². The molecule has 0 spiro atoms. The van der Waals surface area contributed by atoms with Gasteiger partial charge in [-0.25, -0.2) is 0 Å². The average molecular weight is 296 g/mol. The highest BCUT2D eigenvalue weighted by Crippen LogP contribution is 2.09. The molecule has 1 N–H and O–H groups in total. The van der Waals surface area contributed by atoms with Gasteiger partial charge in [0.05, 0.1) is 6.54 Å². The van der Waals surface area contributed by atoms with E-state index in [1.165, 1.54) is 4.88 Å². The van der Waals surface area contributed by atoms with Crippen LogP contribution in [0.5, 0.6) is 0 Å². The average Bonchev–Trinajstić information content (AvgIpc) is 2.96. The standard InChI is InChI=1S/C15H28N4S/c1-5-16-15(17-10-12-18(3)6-2)19(4)11-9-14-8-7-13-20-14/h7-8,13H,5-6,9-12H2,1-4H3,(H,16,17). The smallest absolute Gasteiger partial charge is 0.193 e. The van der Waals surface area contributed by atoms with Crippen LogP contribution in [0.2, 0.25) is 0 Å². The number of thiophene rings is 1. The Balaban J connectivity index is 2.44. The Labute approximate surface area is 127 Å². The molecule has 4 nitrogen and oxygen atoms in total. The molecule has 0 atom stereocenters. The van der Waals surface area contributed by atoms with Crippen molar-refractivity contribution in [2.75, 3.05) is 46.8 Å². The van der Waals surface area contributed by atoms with Gasteiger partial charge in [-0.2, -0.15) is 0 Å². The summed E-state index contributed by atoms with van der Waals surface area (Å²) in [5.74, 6) is 1.01. The van der Waals surface area contributed by atoms with Crippen LogP contribution >= 0.6 is 11.3 Å².